The molecular formula is C6F5Ti+. The first-order chi connectivity index (χ1) is 5.04. The number of rotatable bonds is 0. The second-order valence-corrected chi connectivity index (χ2v) is 1.69. The van der Waals surface area contributed by atoms with E-state index in [1.54, 1.807) is 0 Å². The van der Waals surface area contributed by atoms with Crippen LogP contribution in [0.15, 0.2) is 0 Å². The average Bonchev–Trinajstić information content (AvgIpc) is 1.97. The molecule has 0 aliphatic heterocycles. The van der Waals surface area contributed by atoms with Crippen molar-refractivity contribution in [3.8, 4) is 0 Å². The zero-order valence-corrected chi connectivity index (χ0v) is 6.95. The molecule has 6 heteroatoms. The van der Waals surface area contributed by atoms with Crippen LogP contribution in [0.2, 0.25) is 0 Å². The van der Waals surface area contributed by atoms with Crippen LogP contribution in [0.3, 0.4) is 0 Å². The molecule has 0 fully saturated rings. The van der Waals surface area contributed by atoms with E-state index in [4.69, 9.17) is 0 Å². The summed E-state index contributed by atoms with van der Waals surface area (Å²) in [6.07, 6.45) is 0. The van der Waals surface area contributed by atoms with Crippen LogP contribution in [0.25, 0.3) is 0 Å². The standard InChI is InChI=1S/C6F5.Ti/c7-2-1-3(8)5(10)6(11)4(2)9;/q-1;+2. The van der Waals surface area contributed by atoms with Crippen molar-refractivity contribution in [1.29, 1.82) is 0 Å². The minimum absolute atomic E-state index is 0. The van der Waals surface area contributed by atoms with Gasteiger partial charge in [-0.25, -0.2) is 13.2 Å². The molecule has 1 aromatic carbocycles. The Morgan fingerprint density at radius 2 is 1.00 bits per heavy atom. The number of hydrogen-bond acceptors (Lipinski definition) is 0. The van der Waals surface area contributed by atoms with Gasteiger partial charge in [0.1, 0.15) is 0 Å². The molecule has 0 aliphatic carbocycles. The fourth-order valence-electron chi connectivity index (χ4n) is 0.495. The van der Waals surface area contributed by atoms with Gasteiger partial charge in [-0.1, -0.05) is 0 Å². The van der Waals surface area contributed by atoms with Crippen molar-refractivity contribution in [2.24, 2.45) is 0 Å². The molecular weight excluding hydrogens is 215 g/mol. The predicted molar refractivity (Wildman–Crippen MR) is 25.1 cm³/mol. The summed E-state index contributed by atoms with van der Waals surface area (Å²) in [4.78, 5) is 0. The van der Waals surface area contributed by atoms with Crippen molar-refractivity contribution < 1.29 is 43.7 Å². The average molecular weight is 215 g/mol. The third-order valence-corrected chi connectivity index (χ3v) is 0.990. The first-order valence-electron chi connectivity index (χ1n) is 2.44. The fraction of sp³-hybridized carbons (Fsp3) is 0. The molecule has 0 radical (unpaired) electrons. The molecule has 1 rings (SSSR count). The van der Waals surface area contributed by atoms with E-state index in [1.807, 2.05) is 0 Å². The molecule has 0 saturated carbocycles. The van der Waals surface area contributed by atoms with Gasteiger partial charge in [0.2, 0.25) is 0 Å². The maximum Gasteiger partial charge on any atom is 2.00 e. The Kier molecular flexibility index (Phi) is 3.86. The zero-order valence-electron chi connectivity index (χ0n) is 5.39. The van der Waals surface area contributed by atoms with Gasteiger partial charge in [0.25, 0.3) is 0 Å². The third kappa shape index (κ3) is 1.84. The van der Waals surface area contributed by atoms with E-state index in [1.165, 1.54) is 0 Å². The number of hydrogen-bond donors (Lipinski definition) is 0. The van der Waals surface area contributed by atoms with Crippen LogP contribution in [0.5, 0.6) is 0 Å². The molecule has 0 amide bonds. The maximum absolute atomic E-state index is 12.0. The summed E-state index contributed by atoms with van der Waals surface area (Å²) >= 11 is 0. The monoisotopic (exact) mass is 215 g/mol. The Labute approximate surface area is 79.3 Å². The first kappa shape index (κ1) is 11.6. The van der Waals surface area contributed by atoms with Crippen molar-refractivity contribution in [3.63, 3.8) is 0 Å². The fourth-order valence-corrected chi connectivity index (χ4v) is 0.495. The molecule has 0 atom stereocenters. The first-order valence-corrected chi connectivity index (χ1v) is 2.44. The van der Waals surface area contributed by atoms with E-state index in [-0.39, 0.29) is 21.7 Å². The van der Waals surface area contributed by atoms with Crippen LogP contribution in [-0.4, -0.2) is 0 Å². The molecule has 0 bridgehead atoms. The van der Waals surface area contributed by atoms with Crippen LogP contribution in [0, 0.1) is 35.2 Å². The van der Waals surface area contributed by atoms with Gasteiger partial charge in [0.05, 0.1) is 29.1 Å². The van der Waals surface area contributed by atoms with Crippen molar-refractivity contribution >= 4 is 0 Å². The Morgan fingerprint density at radius 3 is 1.33 bits per heavy atom. The molecule has 62 valence electrons. The second kappa shape index (κ2) is 4.00. The van der Waals surface area contributed by atoms with Crippen LogP contribution in [0.4, 0.5) is 22.0 Å². The molecule has 0 aliphatic rings. The van der Waals surface area contributed by atoms with Crippen molar-refractivity contribution in [2.45, 2.75) is 0 Å². The minimum Gasteiger partial charge on any atom is -0.278 e. The van der Waals surface area contributed by atoms with Crippen molar-refractivity contribution in [1.82, 2.24) is 0 Å². The Bertz CT molecular complexity index is 272. The quantitative estimate of drug-likeness (QED) is 0.204. The van der Waals surface area contributed by atoms with Gasteiger partial charge in [-0.3, -0.25) is 8.78 Å². The second-order valence-electron chi connectivity index (χ2n) is 1.69. The van der Waals surface area contributed by atoms with Gasteiger partial charge in [-0.2, -0.15) is 0 Å². The van der Waals surface area contributed by atoms with E-state index in [2.05, 4.69) is 0 Å². The Balaban J connectivity index is 0.00000121. The smallest absolute Gasteiger partial charge is 0.278 e. The summed E-state index contributed by atoms with van der Waals surface area (Å²) in [6, 6.07) is 1.02. The maximum atomic E-state index is 12.0. The largest absolute Gasteiger partial charge is 2.00 e. The van der Waals surface area contributed by atoms with Gasteiger partial charge in [-0.15, -0.1) is 6.07 Å². The summed E-state index contributed by atoms with van der Waals surface area (Å²) in [5.41, 5.74) is 0. The summed E-state index contributed by atoms with van der Waals surface area (Å²) in [5.74, 6) is -10.0. The third-order valence-electron chi connectivity index (χ3n) is 0.990. The summed E-state index contributed by atoms with van der Waals surface area (Å²) in [5, 5.41) is 0. The van der Waals surface area contributed by atoms with Gasteiger partial charge in [0, 0.05) is 0 Å². The minimum atomic E-state index is -2.17. The van der Waals surface area contributed by atoms with Crippen LogP contribution in [0.1, 0.15) is 0 Å². The molecule has 1 aromatic rings. The van der Waals surface area contributed by atoms with Gasteiger partial charge in [-0.05, 0) is 0 Å². The van der Waals surface area contributed by atoms with E-state index >= 15 is 0 Å². The van der Waals surface area contributed by atoms with Crippen LogP contribution >= 0.6 is 0 Å². The van der Waals surface area contributed by atoms with Gasteiger partial charge < -0.3 is 0 Å². The van der Waals surface area contributed by atoms with E-state index in [0.717, 1.165) is 6.07 Å². The van der Waals surface area contributed by atoms with E-state index in [0.29, 0.717) is 0 Å². The summed E-state index contributed by atoms with van der Waals surface area (Å²) < 4.78 is 59.9. The molecule has 0 unspecified atom stereocenters. The molecule has 0 N–H and O–H groups in total. The predicted octanol–water partition coefficient (Wildman–Crippen LogP) is 2.18. The molecule has 12 heavy (non-hydrogen) atoms. The van der Waals surface area contributed by atoms with E-state index < -0.39 is 29.1 Å². The van der Waals surface area contributed by atoms with Crippen LogP contribution in [-0.2, 0) is 21.7 Å². The normalized spacial score (nSPS) is 9.42. The van der Waals surface area contributed by atoms with Gasteiger partial charge >= 0.3 is 21.7 Å². The number of halogens is 5. The molecule has 0 nitrogen and oxygen atoms in total. The SMILES string of the molecule is Fc1[c-]c(F)c(F)c(F)c1F.[Ti+2]. The van der Waals surface area contributed by atoms with Crippen LogP contribution < -0.4 is 0 Å². The number of benzene rings is 1. The Hall–Kier alpha value is -0.416. The van der Waals surface area contributed by atoms with Crippen molar-refractivity contribution in [3.05, 3.63) is 35.2 Å². The molecule has 0 heterocycles. The molecule has 0 aromatic heterocycles. The zero-order chi connectivity index (χ0) is 8.59. The Morgan fingerprint density at radius 1 is 0.667 bits per heavy atom. The molecule has 0 spiro atoms. The summed E-state index contributed by atoms with van der Waals surface area (Å²) in [7, 11) is 0. The molecule has 0 saturated heterocycles. The van der Waals surface area contributed by atoms with E-state index in [9.17, 15) is 22.0 Å². The van der Waals surface area contributed by atoms with Crippen molar-refractivity contribution in [2.75, 3.05) is 0 Å². The van der Waals surface area contributed by atoms with Gasteiger partial charge in [0.15, 0.2) is 0 Å². The summed E-state index contributed by atoms with van der Waals surface area (Å²) in [6.45, 7) is 0. The topological polar surface area (TPSA) is 0 Å².